The van der Waals surface area contributed by atoms with E-state index in [1.807, 2.05) is 72.0 Å². The van der Waals surface area contributed by atoms with Gasteiger partial charge in [-0.3, -0.25) is 0 Å². The molecule has 8 aromatic carbocycles. The van der Waals surface area contributed by atoms with Crippen molar-refractivity contribution in [3.8, 4) is 56.5 Å². The average molecular weight is 759 g/mol. The zero-order valence-electron chi connectivity index (χ0n) is 30.9. The number of hydrogen-bond acceptors (Lipinski definition) is 6. The van der Waals surface area contributed by atoms with Crippen molar-refractivity contribution in [2.24, 2.45) is 0 Å². The highest BCUT2D eigenvalue weighted by Crippen LogP contribution is 2.45. The van der Waals surface area contributed by atoms with Gasteiger partial charge in [0.25, 0.3) is 0 Å². The van der Waals surface area contributed by atoms with Gasteiger partial charge >= 0.3 is 0 Å². The van der Waals surface area contributed by atoms with Crippen LogP contribution in [0.25, 0.3) is 120 Å². The standard InChI is InChI=1S/C52H30N4OS/c1-2-13-32(14-3-1)50-54-51(56-52(55-50)42-21-12-20-39-37-17-7-10-23-44(37)57-48(39)42)33-27-25-31(26-28-33)34-29-30-38(36-16-5-4-15-35(34)36)47-46-41-19-8-11-24-45(41)58-49(46)40-18-6-9-22-43(40)53-47/h1-30H. The summed E-state index contributed by atoms with van der Waals surface area (Å²) < 4.78 is 8.96. The van der Waals surface area contributed by atoms with E-state index in [-0.39, 0.29) is 0 Å². The van der Waals surface area contributed by atoms with Crippen LogP contribution in [0.15, 0.2) is 186 Å². The lowest BCUT2D eigenvalue weighted by Gasteiger charge is -2.14. The van der Waals surface area contributed by atoms with Gasteiger partial charge in [0.05, 0.1) is 16.8 Å². The summed E-state index contributed by atoms with van der Waals surface area (Å²) in [6, 6.07) is 63.2. The Balaban J connectivity index is 0.990. The fraction of sp³-hybridized carbons (Fsp3) is 0. The van der Waals surface area contributed by atoms with Crippen molar-refractivity contribution in [3.63, 3.8) is 0 Å². The minimum Gasteiger partial charge on any atom is -0.455 e. The summed E-state index contributed by atoms with van der Waals surface area (Å²) in [5.41, 5.74) is 9.64. The van der Waals surface area contributed by atoms with E-state index in [4.69, 9.17) is 24.4 Å². The molecule has 4 aromatic heterocycles. The third-order valence-electron chi connectivity index (χ3n) is 11.2. The van der Waals surface area contributed by atoms with Crippen molar-refractivity contribution in [2.45, 2.75) is 0 Å². The molecule has 0 atom stereocenters. The van der Waals surface area contributed by atoms with Gasteiger partial charge in [0.15, 0.2) is 17.5 Å². The van der Waals surface area contributed by atoms with Gasteiger partial charge in [-0.05, 0) is 46.2 Å². The maximum Gasteiger partial charge on any atom is 0.167 e. The summed E-state index contributed by atoms with van der Waals surface area (Å²) in [5.74, 6) is 1.77. The number of furan rings is 1. The molecule has 0 radical (unpaired) electrons. The van der Waals surface area contributed by atoms with Gasteiger partial charge in [0.2, 0.25) is 0 Å². The Morgan fingerprint density at radius 2 is 0.948 bits per heavy atom. The fourth-order valence-corrected chi connectivity index (χ4v) is 9.66. The first-order valence-electron chi connectivity index (χ1n) is 19.3. The molecule has 0 fully saturated rings. The minimum atomic E-state index is 0.564. The summed E-state index contributed by atoms with van der Waals surface area (Å²) in [6.07, 6.45) is 0. The summed E-state index contributed by atoms with van der Waals surface area (Å²) >= 11 is 1.85. The fourth-order valence-electron chi connectivity index (χ4n) is 8.43. The van der Waals surface area contributed by atoms with E-state index in [9.17, 15) is 0 Å². The normalized spacial score (nSPS) is 11.8. The Labute approximate surface area is 336 Å². The molecule has 0 spiro atoms. The number of hydrogen-bond donors (Lipinski definition) is 0. The molecule has 5 nitrogen and oxygen atoms in total. The molecule has 4 heterocycles. The highest BCUT2D eigenvalue weighted by atomic mass is 32.1. The van der Waals surface area contributed by atoms with Crippen LogP contribution in [0.4, 0.5) is 0 Å². The molecule has 0 aliphatic heterocycles. The Bertz CT molecular complexity index is 3570. The Hall–Kier alpha value is -7.54. The predicted octanol–water partition coefficient (Wildman–Crippen LogP) is 14.2. The van der Waals surface area contributed by atoms with Crippen LogP contribution in [0, 0.1) is 0 Å². The van der Waals surface area contributed by atoms with Gasteiger partial charge in [0, 0.05) is 53.0 Å². The number of pyridine rings is 1. The van der Waals surface area contributed by atoms with Crippen molar-refractivity contribution in [2.75, 3.05) is 0 Å². The number of aromatic nitrogens is 4. The molecule has 0 unspecified atom stereocenters. The number of thiophene rings is 1. The van der Waals surface area contributed by atoms with E-state index >= 15 is 0 Å². The lowest BCUT2D eigenvalue weighted by Crippen LogP contribution is -2.00. The Morgan fingerprint density at radius 1 is 0.362 bits per heavy atom. The van der Waals surface area contributed by atoms with Gasteiger partial charge in [-0.25, -0.2) is 19.9 Å². The molecule has 6 heteroatoms. The third-order valence-corrected chi connectivity index (χ3v) is 12.4. The quantitative estimate of drug-likeness (QED) is 0.175. The first-order chi connectivity index (χ1) is 28.7. The van der Waals surface area contributed by atoms with E-state index in [0.717, 1.165) is 71.9 Å². The van der Waals surface area contributed by atoms with E-state index < -0.39 is 0 Å². The SMILES string of the molecule is c1ccc(-c2nc(-c3ccc(-c4ccc(-c5nc6ccccc6c6sc7ccccc7c56)c5ccccc45)cc3)nc(-c3cccc4c3oc3ccccc34)n2)cc1. The van der Waals surface area contributed by atoms with Crippen molar-refractivity contribution in [1.82, 2.24) is 19.9 Å². The molecule has 12 rings (SSSR count). The lowest BCUT2D eigenvalue weighted by atomic mass is 9.92. The second kappa shape index (κ2) is 13.0. The largest absolute Gasteiger partial charge is 0.455 e. The number of nitrogens with zero attached hydrogens (tertiary/aromatic N) is 4. The molecule has 0 N–H and O–H groups in total. The highest BCUT2D eigenvalue weighted by Gasteiger charge is 2.20. The smallest absolute Gasteiger partial charge is 0.167 e. The molecular weight excluding hydrogens is 729 g/mol. The number of fused-ring (bicyclic) bond motifs is 9. The monoisotopic (exact) mass is 758 g/mol. The van der Waals surface area contributed by atoms with Gasteiger partial charge < -0.3 is 4.42 Å². The number of rotatable bonds is 5. The summed E-state index contributed by atoms with van der Waals surface area (Å²) in [7, 11) is 0. The van der Waals surface area contributed by atoms with Gasteiger partial charge in [-0.15, -0.1) is 11.3 Å². The van der Waals surface area contributed by atoms with Crippen LogP contribution in [-0.2, 0) is 0 Å². The van der Waals surface area contributed by atoms with Crippen LogP contribution in [0.1, 0.15) is 0 Å². The van der Waals surface area contributed by atoms with Crippen LogP contribution in [0.2, 0.25) is 0 Å². The number of benzene rings is 8. The van der Waals surface area contributed by atoms with E-state index in [1.54, 1.807) is 0 Å². The molecule has 0 bridgehead atoms. The van der Waals surface area contributed by atoms with Crippen LogP contribution >= 0.6 is 11.3 Å². The van der Waals surface area contributed by atoms with E-state index in [1.165, 1.54) is 30.9 Å². The van der Waals surface area contributed by atoms with Gasteiger partial charge in [-0.2, -0.15) is 0 Å². The Kier molecular flexibility index (Phi) is 7.33. The van der Waals surface area contributed by atoms with Crippen LogP contribution in [0.3, 0.4) is 0 Å². The molecule has 0 saturated heterocycles. The molecule has 270 valence electrons. The van der Waals surface area contributed by atoms with Crippen molar-refractivity contribution < 1.29 is 4.42 Å². The zero-order valence-corrected chi connectivity index (χ0v) is 31.7. The first kappa shape index (κ1) is 32.7. The maximum absolute atomic E-state index is 6.42. The lowest BCUT2D eigenvalue weighted by molar-refractivity contribution is 0.669. The molecule has 0 aliphatic rings. The molecule has 0 saturated carbocycles. The van der Waals surface area contributed by atoms with Gasteiger partial charge in [0.1, 0.15) is 11.2 Å². The van der Waals surface area contributed by atoms with Crippen LogP contribution < -0.4 is 0 Å². The first-order valence-corrected chi connectivity index (χ1v) is 20.1. The third kappa shape index (κ3) is 5.16. The second-order valence-electron chi connectivity index (χ2n) is 14.5. The zero-order chi connectivity index (χ0) is 38.2. The molecular formula is C52H30N4OS. The summed E-state index contributed by atoms with van der Waals surface area (Å²) in [6.45, 7) is 0. The molecule has 58 heavy (non-hydrogen) atoms. The summed E-state index contributed by atoms with van der Waals surface area (Å²) in [4.78, 5) is 20.5. The molecule has 0 amide bonds. The number of para-hydroxylation sites is 3. The van der Waals surface area contributed by atoms with Crippen LogP contribution in [-0.4, -0.2) is 19.9 Å². The topological polar surface area (TPSA) is 64.7 Å². The second-order valence-corrected chi connectivity index (χ2v) is 15.6. The molecule has 12 aromatic rings. The van der Waals surface area contributed by atoms with Crippen molar-refractivity contribution in [1.29, 1.82) is 0 Å². The van der Waals surface area contributed by atoms with Crippen LogP contribution in [0.5, 0.6) is 0 Å². The van der Waals surface area contributed by atoms with Gasteiger partial charge in [-0.1, -0.05) is 158 Å². The van der Waals surface area contributed by atoms with E-state index in [0.29, 0.717) is 17.5 Å². The molecule has 0 aliphatic carbocycles. The maximum atomic E-state index is 6.42. The van der Waals surface area contributed by atoms with Crippen molar-refractivity contribution in [3.05, 3.63) is 182 Å². The summed E-state index contributed by atoms with van der Waals surface area (Å²) in [5, 5.41) is 8.07. The minimum absolute atomic E-state index is 0.564. The van der Waals surface area contributed by atoms with E-state index in [2.05, 4.69) is 121 Å². The van der Waals surface area contributed by atoms with Crippen molar-refractivity contribution >= 4 is 75.1 Å². The highest BCUT2D eigenvalue weighted by molar-refractivity contribution is 7.26. The Morgan fingerprint density at radius 3 is 1.76 bits per heavy atom. The average Bonchev–Trinajstić information content (AvgIpc) is 3.88. The predicted molar refractivity (Wildman–Crippen MR) is 240 cm³/mol.